The number of allylic oxidation sites excluding steroid dienone is 2. The summed E-state index contributed by atoms with van der Waals surface area (Å²) < 4.78 is 55.4. The molecule has 1 aromatic heterocycles. The van der Waals surface area contributed by atoms with Crippen LogP contribution in [0, 0.1) is 6.92 Å². The van der Waals surface area contributed by atoms with E-state index in [9.17, 15) is 27.9 Å². The van der Waals surface area contributed by atoms with E-state index in [2.05, 4.69) is 10.3 Å². The number of oxazole rings is 1. The van der Waals surface area contributed by atoms with Crippen molar-refractivity contribution in [3.63, 3.8) is 0 Å². The molecule has 0 bridgehead atoms. The fourth-order valence-corrected chi connectivity index (χ4v) is 4.47. The Morgan fingerprint density at radius 1 is 1.00 bits per heavy atom. The Balaban J connectivity index is 1.32. The first-order valence-electron chi connectivity index (χ1n) is 14.2. The number of hydrogen-bond acceptors (Lipinski definition) is 7. The van der Waals surface area contributed by atoms with E-state index < -0.39 is 29.5 Å². The van der Waals surface area contributed by atoms with Crippen LogP contribution in [0.5, 0.6) is 11.5 Å². The molecule has 1 heterocycles. The molecule has 236 valence electrons. The molecule has 0 spiro atoms. The second kappa shape index (κ2) is 14.6. The number of aryl methyl sites for hydroxylation is 1. The number of rotatable bonds is 14. The Morgan fingerprint density at radius 2 is 1.64 bits per heavy atom. The molecule has 0 radical (unpaired) electrons. The molecule has 3 aromatic carbocycles. The van der Waals surface area contributed by atoms with Gasteiger partial charge in [-0.05, 0) is 67.4 Å². The van der Waals surface area contributed by atoms with Gasteiger partial charge in [-0.15, -0.1) is 0 Å². The second-order valence-electron chi connectivity index (χ2n) is 10.2. The van der Waals surface area contributed by atoms with E-state index in [1.165, 1.54) is 6.08 Å². The molecule has 0 saturated heterocycles. The van der Waals surface area contributed by atoms with Gasteiger partial charge >= 0.3 is 12.1 Å². The lowest BCUT2D eigenvalue weighted by atomic mass is 10.0. The van der Waals surface area contributed by atoms with Crippen molar-refractivity contribution in [2.24, 2.45) is 0 Å². The number of hydrogen-bond donors (Lipinski definition) is 2. The van der Waals surface area contributed by atoms with Gasteiger partial charge in [0.2, 0.25) is 5.89 Å². The lowest BCUT2D eigenvalue weighted by Gasteiger charge is -2.18. The van der Waals surface area contributed by atoms with E-state index in [4.69, 9.17) is 13.9 Å². The van der Waals surface area contributed by atoms with Crippen LogP contribution in [0.1, 0.15) is 46.3 Å². The normalized spacial score (nSPS) is 12.4. The molecule has 1 atom stereocenters. The predicted molar refractivity (Wildman–Crippen MR) is 161 cm³/mol. The molecule has 45 heavy (non-hydrogen) atoms. The lowest BCUT2D eigenvalue weighted by Crippen LogP contribution is -2.38. The van der Waals surface area contributed by atoms with E-state index in [1.807, 2.05) is 31.2 Å². The fraction of sp³-hybridized carbons (Fsp3) is 0.265. The zero-order valence-electron chi connectivity index (χ0n) is 25.0. The molecular formula is C34H33F3N2O6. The minimum absolute atomic E-state index is 0.0644. The highest BCUT2D eigenvalue weighted by molar-refractivity contribution is 6.04. The summed E-state index contributed by atoms with van der Waals surface area (Å²) in [7, 11) is 1.60. The van der Waals surface area contributed by atoms with Gasteiger partial charge in [0.25, 0.3) is 0 Å². The Kier molecular flexibility index (Phi) is 10.7. The Hall–Kier alpha value is -5.06. The van der Waals surface area contributed by atoms with Crippen molar-refractivity contribution in [2.75, 3.05) is 13.7 Å². The van der Waals surface area contributed by atoms with Crippen molar-refractivity contribution in [1.82, 2.24) is 10.3 Å². The molecule has 4 aromatic rings. The second-order valence-corrected chi connectivity index (χ2v) is 10.2. The van der Waals surface area contributed by atoms with Crippen LogP contribution in [-0.4, -0.2) is 41.6 Å². The summed E-state index contributed by atoms with van der Waals surface area (Å²) in [6.45, 7) is 3.94. The monoisotopic (exact) mass is 622 g/mol. The number of aromatic nitrogens is 1. The van der Waals surface area contributed by atoms with E-state index in [1.54, 1.807) is 38.3 Å². The first-order chi connectivity index (χ1) is 21.5. The van der Waals surface area contributed by atoms with Crippen LogP contribution in [0.15, 0.2) is 89.0 Å². The highest BCUT2D eigenvalue weighted by Crippen LogP contribution is 2.29. The number of ether oxygens (including phenoxy) is 2. The van der Waals surface area contributed by atoms with Gasteiger partial charge in [0.15, 0.2) is 5.78 Å². The summed E-state index contributed by atoms with van der Waals surface area (Å²) in [5.74, 6) is 0.913. The number of carboxylic acids is 1. The third kappa shape index (κ3) is 8.98. The van der Waals surface area contributed by atoms with Gasteiger partial charge in [0, 0.05) is 35.7 Å². The van der Waals surface area contributed by atoms with Gasteiger partial charge in [-0.25, -0.2) is 9.78 Å². The van der Waals surface area contributed by atoms with Crippen molar-refractivity contribution in [2.45, 2.75) is 45.3 Å². The van der Waals surface area contributed by atoms with E-state index in [0.29, 0.717) is 42.5 Å². The summed E-state index contributed by atoms with van der Waals surface area (Å²) in [6, 6.07) is 17.3. The largest absolute Gasteiger partial charge is 0.497 e. The van der Waals surface area contributed by atoms with Gasteiger partial charge < -0.3 is 24.3 Å². The quantitative estimate of drug-likeness (QED) is 0.114. The van der Waals surface area contributed by atoms with Crippen molar-refractivity contribution in [1.29, 1.82) is 0 Å². The van der Waals surface area contributed by atoms with Crippen molar-refractivity contribution in [3.05, 3.63) is 113 Å². The zero-order valence-corrected chi connectivity index (χ0v) is 25.0. The van der Waals surface area contributed by atoms with Gasteiger partial charge in [-0.3, -0.25) is 4.79 Å². The summed E-state index contributed by atoms with van der Waals surface area (Å²) in [4.78, 5) is 29.2. The average molecular weight is 623 g/mol. The van der Waals surface area contributed by atoms with Crippen LogP contribution in [0.4, 0.5) is 13.2 Å². The Bertz CT molecular complexity index is 1630. The highest BCUT2D eigenvalue weighted by atomic mass is 19.4. The highest BCUT2D eigenvalue weighted by Gasteiger charge is 2.30. The van der Waals surface area contributed by atoms with Gasteiger partial charge in [0.05, 0.1) is 25.0 Å². The molecule has 8 nitrogen and oxygen atoms in total. The molecule has 0 aliphatic rings. The van der Waals surface area contributed by atoms with Crippen LogP contribution in [-0.2, 0) is 23.8 Å². The minimum atomic E-state index is -4.51. The molecule has 0 amide bonds. The number of nitrogens with zero attached hydrogens (tertiary/aromatic N) is 1. The first kappa shape index (κ1) is 32.8. The van der Waals surface area contributed by atoms with E-state index in [0.717, 1.165) is 46.8 Å². The number of ketones is 1. The summed E-state index contributed by atoms with van der Waals surface area (Å²) >= 11 is 0. The molecular weight excluding hydrogens is 589 g/mol. The standard InChI is InChI=1S/C34H33F3N2O6/c1-4-26(20-31(40)23-7-11-25(12-8-23)34(35,36)37)38-30(33(41)42)19-22-5-13-28(14-6-22)44-18-17-29-21(2)45-32(39-29)24-9-15-27(43-3)16-10-24/h5-16,20,30,38H,4,17-19H2,1-3H3,(H,41,42)/b26-20+/t30-/m0/s1. The maximum atomic E-state index is 12.8. The summed E-state index contributed by atoms with van der Waals surface area (Å²) in [6.07, 6.45) is -2.34. The first-order valence-corrected chi connectivity index (χ1v) is 14.2. The number of aliphatic carboxylic acids is 1. The SMILES string of the molecule is CC/C(=C\C(=O)c1ccc(C(F)(F)F)cc1)N[C@@H](Cc1ccc(OCCc2nc(-c3ccc(OC)cc3)oc2C)cc1)C(=O)O. The number of alkyl halides is 3. The molecule has 0 fully saturated rings. The number of methoxy groups -OCH3 is 1. The smallest absolute Gasteiger partial charge is 0.416 e. The zero-order chi connectivity index (χ0) is 32.6. The molecule has 0 aliphatic heterocycles. The number of benzene rings is 3. The van der Waals surface area contributed by atoms with Gasteiger partial charge in [-0.2, -0.15) is 13.2 Å². The van der Waals surface area contributed by atoms with Crippen LogP contribution in [0.2, 0.25) is 0 Å². The molecule has 0 aliphatic carbocycles. The summed E-state index contributed by atoms with van der Waals surface area (Å²) in [5.41, 5.74) is 1.90. The average Bonchev–Trinajstić information content (AvgIpc) is 3.40. The molecule has 4 rings (SSSR count). The topological polar surface area (TPSA) is 111 Å². The maximum absolute atomic E-state index is 12.8. The van der Waals surface area contributed by atoms with Crippen molar-refractivity contribution in [3.8, 4) is 23.0 Å². The minimum Gasteiger partial charge on any atom is -0.497 e. The molecule has 11 heteroatoms. The molecule has 2 N–H and O–H groups in total. The van der Waals surface area contributed by atoms with E-state index in [-0.39, 0.29) is 12.0 Å². The van der Waals surface area contributed by atoms with Crippen LogP contribution < -0.4 is 14.8 Å². The third-order valence-electron chi connectivity index (χ3n) is 7.04. The molecule has 0 saturated carbocycles. The molecule has 0 unspecified atom stereocenters. The maximum Gasteiger partial charge on any atom is 0.416 e. The van der Waals surface area contributed by atoms with Crippen LogP contribution in [0.3, 0.4) is 0 Å². The lowest BCUT2D eigenvalue weighted by molar-refractivity contribution is -0.139. The number of halogens is 3. The number of carbonyl (C=O) groups excluding carboxylic acids is 1. The van der Waals surface area contributed by atoms with Crippen molar-refractivity contribution < 1.29 is 41.8 Å². The van der Waals surface area contributed by atoms with Crippen molar-refractivity contribution >= 4 is 11.8 Å². The number of carbonyl (C=O) groups is 2. The Labute approximate surface area is 258 Å². The summed E-state index contributed by atoms with van der Waals surface area (Å²) in [5, 5.41) is 12.7. The van der Waals surface area contributed by atoms with Gasteiger partial charge in [-0.1, -0.05) is 31.2 Å². The number of carboxylic acid groups (broad SMARTS) is 1. The van der Waals surface area contributed by atoms with E-state index >= 15 is 0 Å². The Morgan fingerprint density at radius 3 is 2.22 bits per heavy atom. The number of nitrogens with one attached hydrogen (secondary N) is 1. The van der Waals surface area contributed by atoms with Crippen LogP contribution >= 0.6 is 0 Å². The third-order valence-corrected chi connectivity index (χ3v) is 7.04. The fourth-order valence-electron chi connectivity index (χ4n) is 4.47. The predicted octanol–water partition coefficient (Wildman–Crippen LogP) is 7.06. The van der Waals surface area contributed by atoms with Gasteiger partial charge in [0.1, 0.15) is 23.3 Å². The van der Waals surface area contributed by atoms with Crippen LogP contribution in [0.25, 0.3) is 11.5 Å².